The lowest BCUT2D eigenvalue weighted by atomic mass is 10.2. The minimum Gasteiger partial charge on any atom is -0.497 e. The van der Waals surface area contributed by atoms with Crippen LogP contribution in [0.1, 0.15) is 0 Å². The van der Waals surface area contributed by atoms with Crippen LogP contribution in [0, 0.1) is 0 Å². The molecule has 0 saturated carbocycles. The van der Waals surface area contributed by atoms with Crippen molar-refractivity contribution in [2.75, 3.05) is 25.2 Å². The predicted molar refractivity (Wildman–Crippen MR) is 82.5 cm³/mol. The van der Waals surface area contributed by atoms with Gasteiger partial charge >= 0.3 is 6.09 Å². The fourth-order valence-electron chi connectivity index (χ4n) is 2.29. The van der Waals surface area contributed by atoms with Gasteiger partial charge in [0.2, 0.25) is 0 Å². The number of hydrogen-bond acceptors (Lipinski definition) is 4. The molecular formula is C17H17NO4. The monoisotopic (exact) mass is 299 g/mol. The van der Waals surface area contributed by atoms with Crippen LogP contribution in [0.25, 0.3) is 0 Å². The molecule has 0 bridgehead atoms. The molecule has 2 aromatic carbocycles. The van der Waals surface area contributed by atoms with Crippen LogP contribution in [0.2, 0.25) is 0 Å². The van der Waals surface area contributed by atoms with E-state index in [1.54, 1.807) is 12.0 Å². The van der Waals surface area contributed by atoms with E-state index in [1.807, 2.05) is 54.6 Å². The molecule has 0 N–H and O–H groups in total. The van der Waals surface area contributed by atoms with Gasteiger partial charge in [-0.15, -0.1) is 0 Å². The third-order valence-corrected chi connectivity index (χ3v) is 3.44. The topological polar surface area (TPSA) is 48.0 Å². The number of benzene rings is 2. The summed E-state index contributed by atoms with van der Waals surface area (Å²) in [6.45, 7) is 0.806. The van der Waals surface area contributed by atoms with E-state index in [2.05, 4.69) is 0 Å². The van der Waals surface area contributed by atoms with E-state index in [9.17, 15) is 4.79 Å². The lowest BCUT2D eigenvalue weighted by Gasteiger charge is -2.13. The normalized spacial score (nSPS) is 17.2. The van der Waals surface area contributed by atoms with Crippen molar-refractivity contribution in [2.24, 2.45) is 0 Å². The Morgan fingerprint density at radius 1 is 1.09 bits per heavy atom. The van der Waals surface area contributed by atoms with Crippen molar-refractivity contribution in [2.45, 2.75) is 6.10 Å². The maximum absolute atomic E-state index is 12.0. The van der Waals surface area contributed by atoms with E-state index in [0.717, 1.165) is 17.2 Å². The van der Waals surface area contributed by atoms with E-state index in [-0.39, 0.29) is 12.2 Å². The summed E-state index contributed by atoms with van der Waals surface area (Å²) < 4.78 is 16.1. The average molecular weight is 299 g/mol. The fourth-order valence-corrected chi connectivity index (χ4v) is 2.29. The van der Waals surface area contributed by atoms with Gasteiger partial charge in [0.1, 0.15) is 18.1 Å². The second kappa shape index (κ2) is 6.39. The van der Waals surface area contributed by atoms with Gasteiger partial charge in [0, 0.05) is 5.69 Å². The number of rotatable bonds is 5. The summed E-state index contributed by atoms with van der Waals surface area (Å²) >= 11 is 0. The SMILES string of the molecule is COc1ccc(N2CC(COc3ccccc3)OC2=O)cc1. The summed E-state index contributed by atoms with van der Waals surface area (Å²) in [6, 6.07) is 16.8. The van der Waals surface area contributed by atoms with E-state index in [0.29, 0.717) is 13.2 Å². The zero-order chi connectivity index (χ0) is 15.4. The summed E-state index contributed by atoms with van der Waals surface area (Å²) in [5, 5.41) is 0. The first-order valence-corrected chi connectivity index (χ1v) is 7.06. The Balaban J connectivity index is 1.60. The van der Waals surface area contributed by atoms with E-state index in [1.165, 1.54) is 0 Å². The first-order chi connectivity index (χ1) is 10.8. The van der Waals surface area contributed by atoms with Crippen molar-refractivity contribution >= 4 is 11.8 Å². The molecule has 0 aromatic heterocycles. The molecule has 114 valence electrons. The van der Waals surface area contributed by atoms with Crippen molar-refractivity contribution in [1.29, 1.82) is 0 Å². The van der Waals surface area contributed by atoms with Crippen molar-refractivity contribution in [3.8, 4) is 11.5 Å². The zero-order valence-corrected chi connectivity index (χ0v) is 12.3. The number of amides is 1. The number of carbonyl (C=O) groups excluding carboxylic acids is 1. The number of methoxy groups -OCH3 is 1. The molecule has 1 aliphatic rings. The predicted octanol–water partition coefficient (Wildman–Crippen LogP) is 3.10. The maximum atomic E-state index is 12.0. The third-order valence-electron chi connectivity index (χ3n) is 3.44. The number of cyclic esters (lactones) is 1. The number of ether oxygens (including phenoxy) is 3. The first kappa shape index (κ1) is 14.3. The highest BCUT2D eigenvalue weighted by Gasteiger charge is 2.32. The van der Waals surface area contributed by atoms with Crippen LogP contribution in [0.3, 0.4) is 0 Å². The third kappa shape index (κ3) is 3.14. The molecule has 1 amide bonds. The van der Waals surface area contributed by atoms with E-state index in [4.69, 9.17) is 14.2 Å². The van der Waals surface area contributed by atoms with Crippen LogP contribution in [-0.2, 0) is 4.74 Å². The Morgan fingerprint density at radius 2 is 1.82 bits per heavy atom. The minimum absolute atomic E-state index is 0.283. The van der Waals surface area contributed by atoms with Crippen LogP contribution < -0.4 is 14.4 Å². The Morgan fingerprint density at radius 3 is 2.50 bits per heavy atom. The molecule has 3 rings (SSSR count). The number of para-hydroxylation sites is 1. The Kier molecular flexibility index (Phi) is 4.14. The number of nitrogens with zero attached hydrogens (tertiary/aromatic N) is 1. The lowest BCUT2D eigenvalue weighted by molar-refractivity contribution is 0.105. The largest absolute Gasteiger partial charge is 0.497 e. The highest BCUT2D eigenvalue weighted by atomic mass is 16.6. The Hall–Kier alpha value is -2.69. The molecule has 22 heavy (non-hydrogen) atoms. The van der Waals surface area contributed by atoms with Gasteiger partial charge in [-0.25, -0.2) is 4.79 Å². The molecule has 0 spiro atoms. The number of carbonyl (C=O) groups is 1. The summed E-state index contributed by atoms with van der Waals surface area (Å²) in [5.41, 5.74) is 0.785. The standard InChI is InChI=1S/C17H17NO4/c1-20-14-9-7-13(8-10-14)18-11-16(22-17(18)19)12-21-15-5-3-2-4-6-15/h2-10,16H,11-12H2,1H3. The molecule has 1 aliphatic heterocycles. The van der Waals surface area contributed by atoms with Crippen molar-refractivity contribution in [3.05, 3.63) is 54.6 Å². The summed E-state index contributed by atoms with van der Waals surface area (Å²) in [4.78, 5) is 13.6. The Bertz CT molecular complexity index is 627. The first-order valence-electron chi connectivity index (χ1n) is 7.06. The van der Waals surface area contributed by atoms with Gasteiger partial charge < -0.3 is 14.2 Å². The molecule has 2 aromatic rings. The van der Waals surface area contributed by atoms with Crippen molar-refractivity contribution in [1.82, 2.24) is 0 Å². The van der Waals surface area contributed by atoms with Crippen LogP contribution in [0.5, 0.6) is 11.5 Å². The summed E-state index contributed by atoms with van der Waals surface area (Å²) in [7, 11) is 1.61. The summed E-state index contributed by atoms with van der Waals surface area (Å²) in [6.07, 6.45) is -0.637. The van der Waals surface area contributed by atoms with Gasteiger partial charge in [-0.1, -0.05) is 18.2 Å². The number of anilines is 1. The number of hydrogen-bond donors (Lipinski definition) is 0. The zero-order valence-electron chi connectivity index (χ0n) is 12.3. The minimum atomic E-state index is -0.355. The molecule has 1 atom stereocenters. The Labute approximate surface area is 129 Å². The van der Waals surface area contributed by atoms with Gasteiger partial charge in [-0.3, -0.25) is 4.90 Å². The highest BCUT2D eigenvalue weighted by molar-refractivity contribution is 5.89. The fraction of sp³-hybridized carbons (Fsp3) is 0.235. The molecule has 0 aliphatic carbocycles. The van der Waals surface area contributed by atoms with Crippen LogP contribution in [0.4, 0.5) is 10.5 Å². The van der Waals surface area contributed by atoms with Crippen molar-refractivity contribution in [3.63, 3.8) is 0 Å². The van der Waals surface area contributed by atoms with Crippen molar-refractivity contribution < 1.29 is 19.0 Å². The molecule has 1 fully saturated rings. The van der Waals surface area contributed by atoms with Gasteiger partial charge in [0.05, 0.1) is 13.7 Å². The molecule has 0 radical (unpaired) electrons. The highest BCUT2D eigenvalue weighted by Crippen LogP contribution is 2.24. The summed E-state index contributed by atoms with van der Waals surface area (Å²) in [5.74, 6) is 1.52. The molecule has 5 nitrogen and oxygen atoms in total. The maximum Gasteiger partial charge on any atom is 0.414 e. The molecule has 1 saturated heterocycles. The van der Waals surface area contributed by atoms with Gasteiger partial charge in [0.25, 0.3) is 0 Å². The van der Waals surface area contributed by atoms with Gasteiger partial charge in [0.15, 0.2) is 6.10 Å². The smallest absolute Gasteiger partial charge is 0.414 e. The van der Waals surface area contributed by atoms with E-state index < -0.39 is 0 Å². The second-order valence-corrected chi connectivity index (χ2v) is 4.94. The molecular weight excluding hydrogens is 282 g/mol. The van der Waals surface area contributed by atoms with Crippen LogP contribution >= 0.6 is 0 Å². The lowest BCUT2D eigenvalue weighted by Crippen LogP contribution is -2.26. The molecule has 5 heteroatoms. The molecule has 1 unspecified atom stereocenters. The van der Waals surface area contributed by atoms with E-state index >= 15 is 0 Å². The van der Waals surface area contributed by atoms with Gasteiger partial charge in [-0.2, -0.15) is 0 Å². The van der Waals surface area contributed by atoms with Crippen LogP contribution in [0.15, 0.2) is 54.6 Å². The average Bonchev–Trinajstić information content (AvgIpc) is 2.95. The molecule has 1 heterocycles. The van der Waals surface area contributed by atoms with Gasteiger partial charge in [-0.05, 0) is 36.4 Å². The quantitative estimate of drug-likeness (QED) is 0.851. The van der Waals surface area contributed by atoms with Crippen LogP contribution in [-0.4, -0.2) is 32.5 Å². The second-order valence-electron chi connectivity index (χ2n) is 4.94.